The number of carbonyl (C=O) groups is 1. The number of hydrogen-bond acceptors (Lipinski definition) is 4. The van der Waals surface area contributed by atoms with Gasteiger partial charge in [-0.05, 0) is 36.6 Å². The number of hydrogen-bond donors (Lipinski definition) is 1. The van der Waals surface area contributed by atoms with Crippen LogP contribution in [0.4, 0.5) is 0 Å². The summed E-state index contributed by atoms with van der Waals surface area (Å²) in [7, 11) is 0. The molecule has 1 fully saturated rings. The van der Waals surface area contributed by atoms with Crippen LogP contribution < -0.4 is 5.32 Å². The van der Waals surface area contributed by atoms with Crippen molar-refractivity contribution in [2.24, 2.45) is 0 Å². The number of nitrogens with zero attached hydrogens (tertiary/aromatic N) is 4. The topological polar surface area (TPSA) is 74.0 Å². The first-order chi connectivity index (χ1) is 14.1. The number of halogens is 2. The van der Waals surface area contributed by atoms with E-state index in [1.165, 1.54) is 0 Å². The molecule has 6 nitrogen and oxygen atoms in total. The fraction of sp³-hybridized carbons (Fsp3) is 0.286. The number of nitriles is 1. The van der Waals surface area contributed by atoms with Gasteiger partial charge in [0.15, 0.2) is 11.9 Å². The Morgan fingerprint density at radius 3 is 2.90 bits per heavy atom. The molecule has 1 amide bonds. The molecule has 0 radical (unpaired) electrons. The molecule has 4 rings (SSSR count). The smallest absolute Gasteiger partial charge is 0.272 e. The molecule has 1 aliphatic rings. The summed E-state index contributed by atoms with van der Waals surface area (Å²) in [4.78, 5) is 14.6. The Bertz CT molecular complexity index is 1100. The summed E-state index contributed by atoms with van der Waals surface area (Å²) >= 11 is 12.3. The normalized spacial score (nSPS) is 16.2. The van der Waals surface area contributed by atoms with E-state index < -0.39 is 0 Å². The molecule has 29 heavy (non-hydrogen) atoms. The van der Waals surface area contributed by atoms with Gasteiger partial charge in [0.2, 0.25) is 0 Å². The summed E-state index contributed by atoms with van der Waals surface area (Å²) in [5.74, 6) is -0.244. The monoisotopic (exact) mass is 427 g/mol. The molecule has 2 heterocycles. The molecule has 148 valence electrons. The van der Waals surface area contributed by atoms with Gasteiger partial charge in [0.05, 0.1) is 18.1 Å². The average molecular weight is 428 g/mol. The molecule has 1 atom stereocenters. The third-order valence-electron chi connectivity index (χ3n) is 5.21. The molecule has 1 unspecified atom stereocenters. The zero-order chi connectivity index (χ0) is 20.4. The fourth-order valence-electron chi connectivity index (χ4n) is 3.70. The van der Waals surface area contributed by atoms with Crippen LogP contribution in [0.25, 0.3) is 10.9 Å². The Balaban J connectivity index is 1.58. The van der Waals surface area contributed by atoms with Crippen molar-refractivity contribution in [3.8, 4) is 6.19 Å². The van der Waals surface area contributed by atoms with Crippen molar-refractivity contribution in [2.45, 2.75) is 25.4 Å². The number of para-hydroxylation sites is 1. The maximum atomic E-state index is 12.9. The van der Waals surface area contributed by atoms with E-state index in [1.807, 2.05) is 30.3 Å². The molecule has 1 aromatic heterocycles. The quantitative estimate of drug-likeness (QED) is 0.622. The van der Waals surface area contributed by atoms with Gasteiger partial charge in [-0.3, -0.25) is 9.48 Å². The van der Waals surface area contributed by atoms with Gasteiger partial charge < -0.3 is 10.2 Å². The summed E-state index contributed by atoms with van der Waals surface area (Å²) in [6, 6.07) is 13.0. The van der Waals surface area contributed by atoms with Gasteiger partial charge in [-0.15, -0.1) is 0 Å². The minimum absolute atomic E-state index is 0.0465. The van der Waals surface area contributed by atoms with Gasteiger partial charge >= 0.3 is 0 Å². The van der Waals surface area contributed by atoms with E-state index in [0.29, 0.717) is 28.8 Å². The molecule has 0 saturated carbocycles. The van der Waals surface area contributed by atoms with Crippen LogP contribution in [0.3, 0.4) is 0 Å². The second kappa shape index (κ2) is 8.32. The fourth-order valence-corrected chi connectivity index (χ4v) is 4.17. The minimum atomic E-state index is -0.244. The minimum Gasteiger partial charge on any atom is -0.349 e. The van der Waals surface area contributed by atoms with Crippen LogP contribution in [-0.4, -0.2) is 39.7 Å². The lowest BCUT2D eigenvalue weighted by molar-refractivity contribution is 0.0941. The first-order valence-electron chi connectivity index (χ1n) is 9.41. The molecular formula is C21H19Cl2N5O. The van der Waals surface area contributed by atoms with Crippen LogP contribution in [-0.2, 0) is 6.54 Å². The summed E-state index contributed by atoms with van der Waals surface area (Å²) in [6.45, 7) is 1.60. The second-order valence-corrected chi connectivity index (χ2v) is 7.90. The number of carbonyl (C=O) groups excluding carboxylic acids is 1. The first-order valence-corrected chi connectivity index (χ1v) is 10.2. The standard InChI is InChI=1S/C21H19Cl2N5O/c22-15-8-7-14(18(23)10-15)12-28-19-6-2-1-5-17(19)20(26-28)21(29)25-11-16-4-3-9-27(16)13-24/h1-2,5-8,10,16H,3-4,9,11-12H2,(H,25,29). The Labute approximate surface area is 178 Å². The highest BCUT2D eigenvalue weighted by Crippen LogP contribution is 2.25. The molecule has 0 spiro atoms. The van der Waals surface area contributed by atoms with Gasteiger partial charge in [-0.2, -0.15) is 10.4 Å². The maximum Gasteiger partial charge on any atom is 0.272 e. The second-order valence-electron chi connectivity index (χ2n) is 7.06. The lowest BCUT2D eigenvalue weighted by Crippen LogP contribution is -2.38. The molecule has 1 saturated heterocycles. The van der Waals surface area contributed by atoms with E-state index in [1.54, 1.807) is 21.7 Å². The van der Waals surface area contributed by atoms with Crippen molar-refractivity contribution in [3.05, 3.63) is 63.8 Å². The molecule has 0 aliphatic carbocycles. The Kier molecular flexibility index (Phi) is 5.61. The Morgan fingerprint density at radius 1 is 1.28 bits per heavy atom. The third-order valence-corrected chi connectivity index (χ3v) is 5.80. The zero-order valence-corrected chi connectivity index (χ0v) is 17.1. The van der Waals surface area contributed by atoms with E-state index in [2.05, 4.69) is 16.6 Å². The maximum absolute atomic E-state index is 12.9. The van der Waals surface area contributed by atoms with Crippen LogP contribution in [0.5, 0.6) is 0 Å². The van der Waals surface area contributed by atoms with Gasteiger partial charge in [0.25, 0.3) is 5.91 Å². The van der Waals surface area contributed by atoms with Crippen LogP contribution in [0.2, 0.25) is 10.0 Å². The van der Waals surface area contributed by atoms with Crippen LogP contribution in [0, 0.1) is 11.5 Å². The predicted octanol–water partition coefficient (Wildman–Crippen LogP) is 4.07. The van der Waals surface area contributed by atoms with E-state index in [-0.39, 0.29) is 11.9 Å². The zero-order valence-electron chi connectivity index (χ0n) is 15.6. The third kappa shape index (κ3) is 4.02. The van der Waals surface area contributed by atoms with Gasteiger partial charge in [0, 0.05) is 28.5 Å². The Hall–Kier alpha value is -2.75. The first kappa shape index (κ1) is 19.6. The van der Waals surface area contributed by atoms with Gasteiger partial charge in [-0.25, -0.2) is 0 Å². The molecule has 1 aliphatic heterocycles. The molecule has 0 bridgehead atoms. The number of aromatic nitrogens is 2. The van der Waals surface area contributed by atoms with E-state index in [4.69, 9.17) is 23.2 Å². The van der Waals surface area contributed by atoms with Crippen molar-refractivity contribution in [3.63, 3.8) is 0 Å². The van der Waals surface area contributed by atoms with Gasteiger partial charge in [0.1, 0.15) is 0 Å². The van der Waals surface area contributed by atoms with Crippen LogP contribution >= 0.6 is 23.2 Å². The van der Waals surface area contributed by atoms with Crippen molar-refractivity contribution in [1.29, 1.82) is 5.26 Å². The summed E-state index contributed by atoms with van der Waals surface area (Å²) in [5.41, 5.74) is 2.09. The van der Waals surface area contributed by atoms with Crippen molar-refractivity contribution < 1.29 is 4.79 Å². The number of likely N-dealkylation sites (tertiary alicyclic amines) is 1. The van der Waals surface area contributed by atoms with Crippen molar-refractivity contribution in [2.75, 3.05) is 13.1 Å². The van der Waals surface area contributed by atoms with E-state index >= 15 is 0 Å². The number of nitrogens with one attached hydrogen (secondary N) is 1. The lowest BCUT2D eigenvalue weighted by atomic mass is 10.2. The van der Waals surface area contributed by atoms with Crippen molar-refractivity contribution >= 4 is 40.0 Å². The molecular weight excluding hydrogens is 409 g/mol. The number of amides is 1. The van der Waals surface area contributed by atoms with Crippen molar-refractivity contribution in [1.82, 2.24) is 20.0 Å². The lowest BCUT2D eigenvalue weighted by Gasteiger charge is -2.18. The Morgan fingerprint density at radius 2 is 2.10 bits per heavy atom. The largest absolute Gasteiger partial charge is 0.349 e. The highest BCUT2D eigenvalue weighted by Gasteiger charge is 2.25. The average Bonchev–Trinajstić information content (AvgIpc) is 3.33. The van der Waals surface area contributed by atoms with Gasteiger partial charge in [-0.1, -0.05) is 47.5 Å². The van der Waals surface area contributed by atoms with Crippen LogP contribution in [0.1, 0.15) is 28.9 Å². The number of benzene rings is 2. The van der Waals surface area contributed by atoms with E-state index in [0.717, 1.165) is 35.9 Å². The predicted molar refractivity (Wildman–Crippen MR) is 113 cm³/mol. The SMILES string of the molecule is N#CN1CCCC1CNC(=O)c1nn(Cc2ccc(Cl)cc2Cl)c2ccccc12. The summed E-state index contributed by atoms with van der Waals surface area (Å²) in [5, 5.41) is 18.6. The molecule has 2 aromatic carbocycles. The number of fused-ring (bicyclic) bond motifs is 1. The number of rotatable bonds is 5. The molecule has 8 heteroatoms. The summed E-state index contributed by atoms with van der Waals surface area (Å²) in [6.07, 6.45) is 4.05. The molecule has 3 aromatic rings. The highest BCUT2D eigenvalue weighted by molar-refractivity contribution is 6.35. The summed E-state index contributed by atoms with van der Waals surface area (Å²) < 4.78 is 1.77. The molecule has 1 N–H and O–H groups in total. The highest BCUT2D eigenvalue weighted by atomic mass is 35.5. The van der Waals surface area contributed by atoms with E-state index in [9.17, 15) is 10.1 Å². The van der Waals surface area contributed by atoms with Crippen LogP contribution in [0.15, 0.2) is 42.5 Å².